The fraction of sp³-hybridized carbons (Fsp3) is 0.286. The summed E-state index contributed by atoms with van der Waals surface area (Å²) in [4.78, 5) is 13.2. The molecule has 0 amide bonds. The Morgan fingerprint density at radius 3 is 1.61 bits per heavy atom. The Kier molecular flexibility index (Phi) is 8.83. The van der Waals surface area contributed by atoms with Crippen molar-refractivity contribution in [1.82, 2.24) is 0 Å². The first-order valence-electron chi connectivity index (χ1n) is 14.1. The van der Waals surface area contributed by atoms with Crippen LogP contribution in [-0.2, 0) is 43.5 Å². The van der Waals surface area contributed by atoms with Crippen LogP contribution in [0.2, 0.25) is 0 Å². The number of rotatable bonds is 12. The van der Waals surface area contributed by atoms with E-state index in [0.29, 0.717) is 32.0 Å². The molecule has 0 bridgehead atoms. The van der Waals surface area contributed by atoms with Crippen LogP contribution in [0.1, 0.15) is 27.0 Å². The highest BCUT2D eigenvalue weighted by molar-refractivity contribution is 5.89. The number of carbonyl (C=O) groups is 1. The maximum Gasteiger partial charge on any atom is 0.338 e. The second-order valence-electron chi connectivity index (χ2n) is 10.5. The van der Waals surface area contributed by atoms with Crippen molar-refractivity contribution in [2.24, 2.45) is 5.92 Å². The van der Waals surface area contributed by atoms with Gasteiger partial charge in [-0.25, -0.2) is 4.79 Å². The number of hydrogen-bond acceptors (Lipinski definition) is 6. The number of esters is 1. The summed E-state index contributed by atoms with van der Waals surface area (Å²) in [7, 11) is 0. The van der Waals surface area contributed by atoms with Crippen molar-refractivity contribution < 1.29 is 28.5 Å². The molecule has 210 valence electrons. The highest BCUT2D eigenvalue weighted by Crippen LogP contribution is 2.45. The molecule has 6 atom stereocenters. The summed E-state index contributed by atoms with van der Waals surface area (Å²) in [5.74, 6) is -0.501. The minimum Gasteiger partial charge on any atom is -0.453 e. The Morgan fingerprint density at radius 2 is 1.05 bits per heavy atom. The monoisotopic (exact) mass is 550 g/mol. The molecule has 6 heteroatoms. The van der Waals surface area contributed by atoms with Crippen LogP contribution < -0.4 is 0 Å². The van der Waals surface area contributed by atoms with Crippen molar-refractivity contribution in [1.29, 1.82) is 0 Å². The second-order valence-corrected chi connectivity index (χ2v) is 10.5. The summed E-state index contributed by atoms with van der Waals surface area (Å²) >= 11 is 0. The van der Waals surface area contributed by atoms with Gasteiger partial charge in [-0.2, -0.15) is 0 Å². The van der Waals surface area contributed by atoms with Gasteiger partial charge in [0.15, 0.2) is 6.10 Å². The number of carbonyl (C=O) groups excluding carboxylic acids is 1. The number of hydrogen-bond donors (Lipinski definition) is 0. The number of epoxide rings is 1. The molecule has 1 saturated heterocycles. The van der Waals surface area contributed by atoms with Crippen LogP contribution in [-0.4, -0.2) is 43.1 Å². The molecule has 0 N–H and O–H groups in total. The summed E-state index contributed by atoms with van der Waals surface area (Å²) < 4.78 is 31.7. The van der Waals surface area contributed by atoms with Gasteiger partial charge in [0, 0.05) is 5.92 Å². The maximum absolute atomic E-state index is 13.2. The molecule has 6 nitrogen and oxygen atoms in total. The lowest BCUT2D eigenvalue weighted by molar-refractivity contribution is -0.171. The zero-order chi connectivity index (χ0) is 27.9. The molecule has 0 radical (unpaired) electrons. The Morgan fingerprint density at radius 1 is 0.561 bits per heavy atom. The highest BCUT2D eigenvalue weighted by Gasteiger charge is 2.63. The summed E-state index contributed by atoms with van der Waals surface area (Å²) in [6, 6.07) is 39.1. The van der Waals surface area contributed by atoms with Crippen molar-refractivity contribution in [3.63, 3.8) is 0 Å². The molecule has 1 aliphatic heterocycles. The molecule has 4 aromatic rings. The van der Waals surface area contributed by atoms with Gasteiger partial charge < -0.3 is 23.7 Å². The van der Waals surface area contributed by atoms with Gasteiger partial charge in [-0.05, 0) is 28.8 Å². The molecule has 2 unspecified atom stereocenters. The molecule has 2 fully saturated rings. The molecular weight excluding hydrogens is 516 g/mol. The van der Waals surface area contributed by atoms with Crippen LogP contribution in [0, 0.1) is 5.92 Å². The third kappa shape index (κ3) is 6.92. The van der Waals surface area contributed by atoms with E-state index in [4.69, 9.17) is 23.7 Å². The van der Waals surface area contributed by atoms with E-state index >= 15 is 0 Å². The molecule has 0 aromatic heterocycles. The Bertz CT molecular complexity index is 1370. The third-order valence-corrected chi connectivity index (χ3v) is 7.62. The largest absolute Gasteiger partial charge is 0.453 e. The van der Waals surface area contributed by atoms with E-state index in [2.05, 4.69) is 0 Å². The lowest BCUT2D eigenvalue weighted by atomic mass is 9.82. The van der Waals surface area contributed by atoms with Crippen LogP contribution in [0.5, 0.6) is 0 Å². The number of ether oxygens (including phenoxy) is 5. The van der Waals surface area contributed by atoms with E-state index in [1.54, 1.807) is 12.1 Å². The topological polar surface area (TPSA) is 66.5 Å². The SMILES string of the molecule is O=C(O[C@H]1C2OC2[C@H](COCc2ccccc2)[C@@H](OCc2ccccc2)[C@@H]1OCc1ccccc1)c1ccccc1. The molecule has 6 rings (SSSR count). The quantitative estimate of drug-likeness (QED) is 0.159. The summed E-state index contributed by atoms with van der Waals surface area (Å²) in [5, 5.41) is 0. The van der Waals surface area contributed by atoms with Gasteiger partial charge in [0.2, 0.25) is 0 Å². The van der Waals surface area contributed by atoms with Gasteiger partial charge >= 0.3 is 5.97 Å². The Balaban J connectivity index is 1.25. The normalized spacial score (nSPS) is 24.8. The standard InChI is InChI=1S/C35H34O6/c36-35(28-19-11-4-12-20-28)41-34-32(39-23-27-17-9-3-10-18-27)30(38-22-26-15-7-2-8-16-26)29(31-33(34)40-31)24-37-21-25-13-5-1-6-14-25/h1-20,29-34H,21-24H2/t29-,30-,31?,32+,33?,34-/m1/s1. The van der Waals surface area contributed by atoms with Crippen molar-refractivity contribution in [2.75, 3.05) is 6.61 Å². The van der Waals surface area contributed by atoms with E-state index < -0.39 is 24.3 Å². The predicted octanol–water partition coefficient (Wildman–Crippen LogP) is 6.00. The lowest BCUT2D eigenvalue weighted by Gasteiger charge is -2.39. The van der Waals surface area contributed by atoms with Crippen LogP contribution in [0.15, 0.2) is 121 Å². The van der Waals surface area contributed by atoms with Crippen LogP contribution in [0.4, 0.5) is 0 Å². The van der Waals surface area contributed by atoms with Crippen molar-refractivity contribution in [3.05, 3.63) is 144 Å². The molecule has 4 aromatic carbocycles. The van der Waals surface area contributed by atoms with Crippen LogP contribution >= 0.6 is 0 Å². The lowest BCUT2D eigenvalue weighted by Crippen LogP contribution is -2.56. The van der Waals surface area contributed by atoms with Crippen molar-refractivity contribution >= 4 is 5.97 Å². The summed E-state index contributed by atoms with van der Waals surface area (Å²) in [6.07, 6.45) is -2.04. The van der Waals surface area contributed by atoms with Gasteiger partial charge in [-0.3, -0.25) is 0 Å². The molecule has 2 aliphatic rings. The van der Waals surface area contributed by atoms with Gasteiger partial charge in [0.25, 0.3) is 0 Å². The molecule has 1 heterocycles. The minimum atomic E-state index is -0.623. The van der Waals surface area contributed by atoms with E-state index in [1.165, 1.54) is 0 Å². The van der Waals surface area contributed by atoms with Gasteiger partial charge in [0.1, 0.15) is 12.2 Å². The summed E-state index contributed by atoms with van der Waals surface area (Å²) in [6.45, 7) is 1.66. The highest BCUT2D eigenvalue weighted by atomic mass is 16.7. The smallest absolute Gasteiger partial charge is 0.338 e. The van der Waals surface area contributed by atoms with Crippen LogP contribution in [0.25, 0.3) is 0 Å². The van der Waals surface area contributed by atoms with Crippen LogP contribution in [0.3, 0.4) is 0 Å². The Labute approximate surface area is 240 Å². The summed E-state index contributed by atoms with van der Waals surface area (Å²) in [5.41, 5.74) is 3.67. The van der Waals surface area contributed by atoms with Gasteiger partial charge in [-0.1, -0.05) is 109 Å². The Hall–Kier alpha value is -3.81. The van der Waals surface area contributed by atoms with Gasteiger partial charge in [-0.15, -0.1) is 0 Å². The average Bonchev–Trinajstić information content (AvgIpc) is 3.83. The van der Waals surface area contributed by atoms with E-state index in [9.17, 15) is 4.79 Å². The molecule has 1 saturated carbocycles. The van der Waals surface area contributed by atoms with Crippen molar-refractivity contribution in [2.45, 2.75) is 50.3 Å². The first kappa shape index (κ1) is 27.4. The molecule has 0 spiro atoms. The first-order valence-corrected chi connectivity index (χ1v) is 14.1. The van der Waals surface area contributed by atoms with E-state index in [-0.39, 0.29) is 18.1 Å². The fourth-order valence-electron chi connectivity index (χ4n) is 5.47. The first-order chi connectivity index (χ1) is 20.3. The average molecular weight is 551 g/mol. The zero-order valence-electron chi connectivity index (χ0n) is 22.8. The van der Waals surface area contributed by atoms with E-state index in [1.807, 2.05) is 109 Å². The fourth-order valence-corrected chi connectivity index (χ4v) is 5.47. The second kappa shape index (κ2) is 13.2. The number of fused-ring (bicyclic) bond motifs is 1. The molecule has 41 heavy (non-hydrogen) atoms. The zero-order valence-corrected chi connectivity index (χ0v) is 22.8. The number of benzene rings is 4. The maximum atomic E-state index is 13.2. The van der Waals surface area contributed by atoms with E-state index in [0.717, 1.165) is 16.7 Å². The minimum absolute atomic E-state index is 0.0973. The van der Waals surface area contributed by atoms with Gasteiger partial charge in [0.05, 0.1) is 44.2 Å². The molecular formula is C35H34O6. The molecule has 1 aliphatic carbocycles. The predicted molar refractivity (Wildman–Crippen MR) is 154 cm³/mol. The third-order valence-electron chi connectivity index (χ3n) is 7.62. The van der Waals surface area contributed by atoms with Crippen molar-refractivity contribution in [3.8, 4) is 0 Å².